The van der Waals surface area contributed by atoms with Crippen molar-refractivity contribution in [2.24, 2.45) is 0 Å². The highest BCUT2D eigenvalue weighted by molar-refractivity contribution is 7.89. The fourth-order valence-electron chi connectivity index (χ4n) is 2.88. The Bertz CT molecular complexity index is 979. The van der Waals surface area contributed by atoms with Crippen LogP contribution in [-0.4, -0.2) is 42.8 Å². The van der Waals surface area contributed by atoms with Crippen LogP contribution in [0.15, 0.2) is 47.5 Å². The van der Waals surface area contributed by atoms with E-state index in [9.17, 15) is 8.42 Å². The van der Waals surface area contributed by atoms with E-state index in [1.807, 2.05) is 44.0 Å². The fraction of sp³-hybridized carbons (Fsp3) is 0.368. The van der Waals surface area contributed by atoms with E-state index in [0.717, 1.165) is 15.2 Å². The summed E-state index contributed by atoms with van der Waals surface area (Å²) in [6.45, 7) is 6.61. The van der Waals surface area contributed by atoms with E-state index in [1.165, 1.54) is 10.5 Å². The average Bonchev–Trinajstić information content (AvgIpc) is 3.12. The SMILES string of the molecule is CCN(CC)S(=O)(=O)c1ccc(N(C)[C@@H](C)c2nc3ccccc3s2)nc1. The summed E-state index contributed by atoms with van der Waals surface area (Å²) in [7, 11) is -1.55. The highest BCUT2D eigenvalue weighted by atomic mass is 32.2. The topological polar surface area (TPSA) is 66.4 Å². The fourth-order valence-corrected chi connectivity index (χ4v) is 5.35. The Balaban J connectivity index is 1.83. The van der Waals surface area contributed by atoms with Crippen molar-refractivity contribution in [1.29, 1.82) is 0 Å². The molecule has 0 N–H and O–H groups in total. The van der Waals surface area contributed by atoms with Crippen LogP contribution in [0.1, 0.15) is 31.8 Å². The largest absolute Gasteiger partial charge is 0.350 e. The van der Waals surface area contributed by atoms with Crippen LogP contribution in [0.5, 0.6) is 0 Å². The quantitative estimate of drug-likeness (QED) is 0.597. The maximum Gasteiger partial charge on any atom is 0.244 e. The van der Waals surface area contributed by atoms with Crippen molar-refractivity contribution >= 4 is 37.4 Å². The summed E-state index contributed by atoms with van der Waals surface area (Å²) >= 11 is 1.66. The Kier molecular flexibility index (Phi) is 5.78. The molecule has 0 aliphatic rings. The second kappa shape index (κ2) is 7.92. The van der Waals surface area contributed by atoms with E-state index in [-0.39, 0.29) is 10.9 Å². The zero-order chi connectivity index (χ0) is 19.6. The van der Waals surface area contributed by atoms with E-state index < -0.39 is 10.0 Å². The third-order valence-electron chi connectivity index (χ3n) is 4.67. The Morgan fingerprint density at radius 1 is 1.11 bits per heavy atom. The molecule has 0 amide bonds. The molecule has 0 saturated carbocycles. The van der Waals surface area contributed by atoms with Gasteiger partial charge in [-0.1, -0.05) is 26.0 Å². The first kappa shape index (κ1) is 19.7. The van der Waals surface area contributed by atoms with Crippen LogP contribution in [0.3, 0.4) is 0 Å². The minimum atomic E-state index is -3.49. The summed E-state index contributed by atoms with van der Waals surface area (Å²) in [6, 6.07) is 11.5. The molecule has 0 fully saturated rings. The molecule has 8 heteroatoms. The minimum absolute atomic E-state index is 0.0279. The number of hydrogen-bond acceptors (Lipinski definition) is 6. The van der Waals surface area contributed by atoms with E-state index in [1.54, 1.807) is 23.5 Å². The van der Waals surface area contributed by atoms with E-state index >= 15 is 0 Å². The second-order valence-electron chi connectivity index (χ2n) is 6.25. The number of aromatic nitrogens is 2. The molecule has 2 aromatic heterocycles. The Morgan fingerprint density at radius 2 is 1.81 bits per heavy atom. The molecule has 0 aliphatic heterocycles. The van der Waals surface area contributed by atoms with Crippen molar-refractivity contribution in [3.8, 4) is 0 Å². The predicted octanol–water partition coefficient (Wildman–Crippen LogP) is 3.92. The van der Waals surface area contributed by atoms with Gasteiger partial charge in [-0.25, -0.2) is 18.4 Å². The number of thiazole rings is 1. The standard InChI is InChI=1S/C19H24N4O2S2/c1-5-23(6-2)27(24,25)15-11-12-18(20-13-15)22(4)14(3)19-21-16-9-7-8-10-17(16)26-19/h7-14H,5-6H2,1-4H3/t14-/m0/s1. The van der Waals surface area contributed by atoms with Gasteiger partial charge in [-0.05, 0) is 31.2 Å². The summed E-state index contributed by atoms with van der Waals surface area (Å²) in [4.78, 5) is 11.3. The molecule has 144 valence electrons. The molecule has 0 aliphatic carbocycles. The molecule has 27 heavy (non-hydrogen) atoms. The van der Waals surface area contributed by atoms with Crippen molar-refractivity contribution in [2.45, 2.75) is 31.7 Å². The lowest BCUT2D eigenvalue weighted by atomic mass is 10.3. The normalized spacial score (nSPS) is 13.2. The van der Waals surface area contributed by atoms with Gasteiger partial charge in [0, 0.05) is 26.3 Å². The van der Waals surface area contributed by atoms with Crippen molar-refractivity contribution in [3.05, 3.63) is 47.6 Å². The molecule has 1 atom stereocenters. The second-order valence-corrected chi connectivity index (χ2v) is 9.25. The lowest BCUT2D eigenvalue weighted by molar-refractivity contribution is 0.445. The number of fused-ring (bicyclic) bond motifs is 1. The van der Waals surface area contributed by atoms with Crippen molar-refractivity contribution in [2.75, 3.05) is 25.0 Å². The number of sulfonamides is 1. The van der Waals surface area contributed by atoms with Gasteiger partial charge in [0.05, 0.1) is 16.3 Å². The van der Waals surface area contributed by atoms with Crippen LogP contribution in [0.4, 0.5) is 5.82 Å². The van der Waals surface area contributed by atoms with Crippen molar-refractivity contribution < 1.29 is 8.42 Å². The summed E-state index contributed by atoms with van der Waals surface area (Å²) < 4.78 is 27.8. The number of rotatable bonds is 7. The summed E-state index contributed by atoms with van der Waals surface area (Å²) in [5.74, 6) is 0.709. The van der Waals surface area contributed by atoms with Gasteiger partial charge >= 0.3 is 0 Å². The molecular weight excluding hydrogens is 380 g/mol. The lowest BCUT2D eigenvalue weighted by Crippen LogP contribution is -2.30. The van der Waals surface area contributed by atoms with Gasteiger partial charge in [0.2, 0.25) is 10.0 Å². The molecule has 1 aromatic carbocycles. The molecule has 0 spiro atoms. The molecule has 0 unspecified atom stereocenters. The first-order valence-corrected chi connectivity index (χ1v) is 11.2. The summed E-state index contributed by atoms with van der Waals surface area (Å²) in [5.41, 5.74) is 0.992. The monoisotopic (exact) mass is 404 g/mol. The van der Waals surface area contributed by atoms with Crippen LogP contribution in [0.25, 0.3) is 10.2 Å². The number of anilines is 1. The molecule has 0 bridgehead atoms. The van der Waals surface area contributed by atoms with Gasteiger partial charge in [-0.2, -0.15) is 4.31 Å². The third kappa shape index (κ3) is 3.83. The minimum Gasteiger partial charge on any atom is -0.350 e. The number of hydrogen-bond donors (Lipinski definition) is 0. The predicted molar refractivity (Wildman–Crippen MR) is 111 cm³/mol. The van der Waals surface area contributed by atoms with Gasteiger partial charge in [-0.15, -0.1) is 11.3 Å². The van der Waals surface area contributed by atoms with Crippen LogP contribution in [-0.2, 0) is 10.0 Å². The van der Waals surface area contributed by atoms with Gasteiger partial charge in [-0.3, -0.25) is 0 Å². The highest BCUT2D eigenvalue weighted by Gasteiger charge is 2.23. The zero-order valence-electron chi connectivity index (χ0n) is 16.0. The summed E-state index contributed by atoms with van der Waals surface area (Å²) in [5, 5.41) is 1.00. The van der Waals surface area contributed by atoms with Crippen molar-refractivity contribution in [3.63, 3.8) is 0 Å². The number of para-hydroxylation sites is 1. The van der Waals surface area contributed by atoms with Crippen molar-refractivity contribution in [1.82, 2.24) is 14.3 Å². The zero-order valence-corrected chi connectivity index (χ0v) is 17.6. The molecular formula is C19H24N4O2S2. The van der Waals surface area contributed by atoms with Gasteiger partial charge in [0.1, 0.15) is 15.7 Å². The summed E-state index contributed by atoms with van der Waals surface area (Å²) in [6.07, 6.45) is 1.44. The highest BCUT2D eigenvalue weighted by Crippen LogP contribution is 2.31. The smallest absolute Gasteiger partial charge is 0.244 e. The van der Waals surface area contributed by atoms with Gasteiger partial charge in [0.25, 0.3) is 0 Å². The van der Waals surface area contributed by atoms with E-state index in [0.29, 0.717) is 18.9 Å². The molecule has 0 saturated heterocycles. The maximum atomic E-state index is 12.6. The Labute approximate surface area is 164 Å². The molecule has 3 aromatic rings. The molecule has 0 radical (unpaired) electrons. The van der Waals surface area contributed by atoms with E-state index in [4.69, 9.17) is 4.98 Å². The Hall–Kier alpha value is -2.03. The molecule has 6 nitrogen and oxygen atoms in total. The average molecular weight is 405 g/mol. The van der Waals surface area contributed by atoms with Crippen LogP contribution in [0, 0.1) is 0 Å². The van der Waals surface area contributed by atoms with Gasteiger partial charge < -0.3 is 4.90 Å². The number of benzene rings is 1. The maximum absolute atomic E-state index is 12.6. The number of pyridine rings is 1. The first-order valence-electron chi connectivity index (χ1n) is 8.93. The van der Waals surface area contributed by atoms with E-state index in [2.05, 4.69) is 18.0 Å². The van der Waals surface area contributed by atoms with Crippen LogP contribution < -0.4 is 4.90 Å². The lowest BCUT2D eigenvalue weighted by Gasteiger charge is -2.24. The first-order chi connectivity index (χ1) is 12.9. The van der Waals surface area contributed by atoms with Crippen LogP contribution >= 0.6 is 11.3 Å². The molecule has 3 rings (SSSR count). The molecule has 2 heterocycles. The van der Waals surface area contributed by atoms with Gasteiger partial charge in [0.15, 0.2) is 0 Å². The van der Waals surface area contributed by atoms with Crippen LogP contribution in [0.2, 0.25) is 0 Å². The third-order valence-corrected chi connectivity index (χ3v) is 7.91. The Morgan fingerprint density at radius 3 is 2.41 bits per heavy atom. The number of nitrogens with zero attached hydrogens (tertiary/aromatic N) is 4.